The van der Waals surface area contributed by atoms with Crippen LogP contribution in [0.25, 0.3) is 0 Å². The number of hydrogen-bond donors (Lipinski definition) is 3. The molecule has 0 spiro atoms. The molecule has 254 valence electrons. The maximum Gasteiger partial charge on any atom is 0.433 e. The molecule has 0 radical (unpaired) electrons. The normalized spacial score (nSPS) is 11.0. The highest BCUT2D eigenvalue weighted by molar-refractivity contribution is 6.32. The van der Waals surface area contributed by atoms with E-state index in [0.717, 1.165) is 0 Å². The van der Waals surface area contributed by atoms with Gasteiger partial charge in [0.15, 0.2) is 0 Å². The summed E-state index contributed by atoms with van der Waals surface area (Å²) in [7, 11) is 0. The van der Waals surface area contributed by atoms with Crippen LogP contribution in [0.1, 0.15) is 30.8 Å². The minimum absolute atomic E-state index is 0.00512. The maximum absolute atomic E-state index is 13.1. The van der Waals surface area contributed by atoms with Crippen LogP contribution in [0.2, 0.25) is 5.15 Å². The van der Waals surface area contributed by atoms with Crippen molar-refractivity contribution in [1.82, 2.24) is 9.97 Å². The van der Waals surface area contributed by atoms with Crippen LogP contribution in [0.5, 0.6) is 0 Å². The molecule has 0 saturated carbocycles. The number of nitro groups is 2. The molecule has 0 aliphatic rings. The van der Waals surface area contributed by atoms with Gasteiger partial charge in [-0.05, 0) is 31.5 Å². The highest BCUT2D eigenvalue weighted by Gasteiger charge is 2.38. The molecule has 0 fully saturated rings. The molecule has 47 heavy (non-hydrogen) atoms. The third-order valence-corrected chi connectivity index (χ3v) is 5.48. The zero-order valence-electron chi connectivity index (χ0n) is 23.9. The molecule has 15 nitrogen and oxygen atoms in total. The SMILES string of the molecule is CCOC(=O)Nc1cc(C(F)(F)F)nc(Cl)c1[N+](=O)[O-].CCOC(=O)Nc1cc(C(F)(F)F)nc(NCc2ccccc2)c1[N+](=O)[O-]. The lowest BCUT2D eigenvalue weighted by atomic mass is 10.2. The fraction of sp³-hybridized carbons (Fsp3) is 0.280. The van der Waals surface area contributed by atoms with E-state index in [0.29, 0.717) is 17.7 Å². The lowest BCUT2D eigenvalue weighted by Gasteiger charge is -2.14. The number of benzene rings is 1. The van der Waals surface area contributed by atoms with Crippen molar-refractivity contribution in [3.63, 3.8) is 0 Å². The van der Waals surface area contributed by atoms with Crippen LogP contribution in [0.4, 0.5) is 64.5 Å². The van der Waals surface area contributed by atoms with E-state index in [1.165, 1.54) is 13.8 Å². The van der Waals surface area contributed by atoms with Gasteiger partial charge in [-0.1, -0.05) is 41.9 Å². The number of alkyl halides is 6. The number of carbonyl (C=O) groups is 2. The van der Waals surface area contributed by atoms with Crippen molar-refractivity contribution in [2.24, 2.45) is 0 Å². The molecular formula is C25H22ClF6N7O8. The Kier molecular flexibility index (Phi) is 13.0. The van der Waals surface area contributed by atoms with Crippen LogP contribution in [-0.4, -0.2) is 45.2 Å². The van der Waals surface area contributed by atoms with Crippen LogP contribution >= 0.6 is 11.6 Å². The first-order valence-corrected chi connectivity index (χ1v) is 13.1. The lowest BCUT2D eigenvalue weighted by molar-refractivity contribution is -0.384. The third-order valence-electron chi connectivity index (χ3n) is 5.22. The van der Waals surface area contributed by atoms with Gasteiger partial charge in [0.1, 0.15) is 22.8 Å². The van der Waals surface area contributed by atoms with Gasteiger partial charge in [-0.2, -0.15) is 26.3 Å². The zero-order chi connectivity index (χ0) is 35.5. The number of aromatic nitrogens is 2. The van der Waals surface area contributed by atoms with E-state index >= 15 is 0 Å². The van der Waals surface area contributed by atoms with E-state index < -0.39 is 79.5 Å². The Balaban J connectivity index is 0.000000343. The summed E-state index contributed by atoms with van der Waals surface area (Å²) in [6, 6.07) is 9.23. The lowest BCUT2D eigenvalue weighted by Crippen LogP contribution is -2.18. The molecule has 0 saturated heterocycles. The second-order valence-electron chi connectivity index (χ2n) is 8.49. The molecule has 2 heterocycles. The molecule has 2 amide bonds. The standard InChI is InChI=1S/C16H15F3N4O4.C9H7ClF3N3O4/c1-2-27-15(24)21-11-8-12(16(17,18)19)22-14(13(11)23(25)26)20-9-10-6-4-3-5-7-10;1-2-20-8(17)14-4-3-5(9(11,12)13)15-7(10)6(4)16(18)19/h3-8H,2,9H2,1H3,(H2,20,21,22,24);3H,2H2,1H3,(H,14,15,17). The van der Waals surface area contributed by atoms with Crippen LogP contribution < -0.4 is 16.0 Å². The van der Waals surface area contributed by atoms with Crippen LogP contribution in [0.3, 0.4) is 0 Å². The van der Waals surface area contributed by atoms with E-state index in [1.54, 1.807) is 30.3 Å². The zero-order valence-corrected chi connectivity index (χ0v) is 24.6. The summed E-state index contributed by atoms with van der Waals surface area (Å²) in [5, 5.41) is 27.5. The summed E-state index contributed by atoms with van der Waals surface area (Å²) in [5.41, 5.74) is -5.36. The monoisotopic (exact) mass is 697 g/mol. The quantitative estimate of drug-likeness (QED) is 0.0869. The average Bonchev–Trinajstić information content (AvgIpc) is 2.95. The van der Waals surface area contributed by atoms with Crippen molar-refractivity contribution in [1.29, 1.82) is 0 Å². The van der Waals surface area contributed by atoms with Gasteiger partial charge in [0, 0.05) is 6.54 Å². The highest BCUT2D eigenvalue weighted by atomic mass is 35.5. The number of rotatable bonds is 9. The van der Waals surface area contributed by atoms with Gasteiger partial charge in [0.2, 0.25) is 11.0 Å². The van der Waals surface area contributed by atoms with Gasteiger partial charge in [-0.15, -0.1) is 0 Å². The Bertz CT molecular complexity index is 1610. The van der Waals surface area contributed by atoms with Crippen molar-refractivity contribution < 1.29 is 55.3 Å². The highest BCUT2D eigenvalue weighted by Crippen LogP contribution is 2.39. The first-order chi connectivity index (χ1) is 21.9. The first kappa shape index (κ1) is 37.7. The summed E-state index contributed by atoms with van der Waals surface area (Å²) in [6.07, 6.45) is -12.0. The van der Waals surface area contributed by atoms with Crippen molar-refractivity contribution in [3.05, 3.63) is 84.8 Å². The number of anilines is 3. The molecule has 3 aromatic rings. The molecule has 0 aliphatic heterocycles. The molecule has 0 atom stereocenters. The third kappa shape index (κ3) is 11.1. The maximum atomic E-state index is 13.1. The minimum Gasteiger partial charge on any atom is -0.450 e. The largest absolute Gasteiger partial charge is 0.450 e. The molecule has 2 aromatic heterocycles. The van der Waals surface area contributed by atoms with Crippen LogP contribution in [0, 0.1) is 20.2 Å². The molecule has 0 bridgehead atoms. The number of nitrogens with one attached hydrogen (secondary N) is 3. The average molecular weight is 698 g/mol. The smallest absolute Gasteiger partial charge is 0.433 e. The number of amides is 2. The van der Waals surface area contributed by atoms with Crippen molar-refractivity contribution in [2.75, 3.05) is 29.2 Å². The van der Waals surface area contributed by atoms with Crippen molar-refractivity contribution >= 4 is 52.4 Å². The summed E-state index contributed by atoms with van der Waals surface area (Å²) in [4.78, 5) is 49.1. The topological polar surface area (TPSA) is 201 Å². The fourth-order valence-electron chi connectivity index (χ4n) is 3.34. The van der Waals surface area contributed by atoms with Gasteiger partial charge in [-0.3, -0.25) is 30.9 Å². The summed E-state index contributed by atoms with van der Waals surface area (Å²) in [6.45, 7) is 2.80. The first-order valence-electron chi connectivity index (χ1n) is 12.7. The van der Waals surface area contributed by atoms with Gasteiger partial charge >= 0.3 is 35.9 Å². The Hall–Kier alpha value is -5.47. The van der Waals surface area contributed by atoms with Gasteiger partial charge in [-0.25, -0.2) is 19.6 Å². The predicted molar refractivity (Wildman–Crippen MR) is 152 cm³/mol. The second kappa shape index (κ2) is 16.2. The van der Waals surface area contributed by atoms with Crippen molar-refractivity contribution in [2.45, 2.75) is 32.7 Å². The number of nitrogens with zero attached hydrogens (tertiary/aromatic N) is 4. The molecular weight excluding hydrogens is 676 g/mol. The van der Waals surface area contributed by atoms with Gasteiger partial charge in [0.25, 0.3) is 0 Å². The number of carbonyl (C=O) groups excluding carboxylic acids is 2. The molecule has 3 rings (SSSR count). The number of pyridine rings is 2. The van der Waals surface area contributed by atoms with E-state index in [1.807, 2.05) is 10.6 Å². The summed E-state index contributed by atoms with van der Waals surface area (Å²) < 4.78 is 86.0. The van der Waals surface area contributed by atoms with E-state index in [4.69, 9.17) is 11.6 Å². The second-order valence-corrected chi connectivity index (χ2v) is 8.84. The Morgan fingerprint density at radius 2 is 1.26 bits per heavy atom. The van der Waals surface area contributed by atoms with Gasteiger partial charge < -0.3 is 14.8 Å². The summed E-state index contributed by atoms with van der Waals surface area (Å²) >= 11 is 5.35. The van der Waals surface area contributed by atoms with Crippen LogP contribution in [0.15, 0.2) is 42.5 Å². The minimum atomic E-state index is -4.87. The fourth-order valence-corrected chi connectivity index (χ4v) is 3.61. The molecule has 1 aromatic carbocycles. The van der Waals surface area contributed by atoms with E-state index in [2.05, 4.69) is 24.8 Å². The number of ether oxygens (including phenoxy) is 2. The Morgan fingerprint density at radius 3 is 1.68 bits per heavy atom. The number of hydrogen-bond acceptors (Lipinski definition) is 11. The van der Waals surface area contributed by atoms with E-state index in [-0.39, 0.29) is 19.8 Å². The van der Waals surface area contributed by atoms with Gasteiger partial charge in [0.05, 0.1) is 23.1 Å². The summed E-state index contributed by atoms with van der Waals surface area (Å²) in [5.74, 6) is -0.620. The predicted octanol–water partition coefficient (Wildman–Crippen LogP) is 7.42. The number of halogens is 7. The molecule has 0 aliphatic carbocycles. The van der Waals surface area contributed by atoms with Crippen LogP contribution in [-0.2, 0) is 28.4 Å². The molecule has 0 unspecified atom stereocenters. The Labute approximate surface area is 264 Å². The van der Waals surface area contributed by atoms with E-state index in [9.17, 15) is 56.2 Å². The molecule has 22 heteroatoms. The molecule has 3 N–H and O–H groups in total. The van der Waals surface area contributed by atoms with Crippen molar-refractivity contribution in [3.8, 4) is 0 Å². The Morgan fingerprint density at radius 1 is 0.809 bits per heavy atom.